The van der Waals surface area contributed by atoms with Crippen molar-refractivity contribution in [3.8, 4) is 0 Å². The van der Waals surface area contributed by atoms with Crippen LogP contribution in [0.2, 0.25) is 0 Å². The normalized spacial score (nSPS) is 11.6. The number of halogens is 3. The Balaban J connectivity index is 0.00000182. The molecule has 3 rings (SSSR count). The van der Waals surface area contributed by atoms with Crippen molar-refractivity contribution in [3.63, 3.8) is 0 Å². The number of imidazole rings is 1. The highest BCUT2D eigenvalue weighted by Gasteiger charge is 2.21. The molecule has 0 saturated heterocycles. The standard InChI is InChI=1S/C17H21FN6O.2ClH/c1-9-15(10(2)24-23-9)16(19)17(25)20-7-3-4-14-21-12-6-5-11(18)8-13(12)22-14;;/h5-6,8,16H,3-4,7,19H2,1-2H3,(H,20,25)(H,21,22)(H,23,24);2*1H. The van der Waals surface area contributed by atoms with Crippen LogP contribution in [0.15, 0.2) is 18.2 Å². The van der Waals surface area contributed by atoms with Crippen molar-refractivity contribution >= 4 is 41.8 Å². The summed E-state index contributed by atoms with van der Waals surface area (Å²) in [4.78, 5) is 19.7. The Morgan fingerprint density at radius 1 is 1.33 bits per heavy atom. The summed E-state index contributed by atoms with van der Waals surface area (Å²) in [7, 11) is 0. The zero-order valence-electron chi connectivity index (χ0n) is 15.0. The van der Waals surface area contributed by atoms with Crippen LogP contribution < -0.4 is 11.1 Å². The second-order valence-electron chi connectivity index (χ2n) is 6.06. The first-order valence-corrected chi connectivity index (χ1v) is 8.14. The number of carbonyl (C=O) groups is 1. The number of nitrogens with one attached hydrogen (secondary N) is 3. The smallest absolute Gasteiger partial charge is 0.241 e. The van der Waals surface area contributed by atoms with Crippen LogP contribution in [0.25, 0.3) is 11.0 Å². The molecule has 0 aliphatic heterocycles. The molecule has 0 aliphatic carbocycles. The molecule has 27 heavy (non-hydrogen) atoms. The molecular weight excluding hydrogens is 394 g/mol. The third-order valence-electron chi connectivity index (χ3n) is 4.16. The lowest BCUT2D eigenvalue weighted by atomic mass is 10.1. The third-order valence-corrected chi connectivity index (χ3v) is 4.16. The zero-order chi connectivity index (χ0) is 18.0. The van der Waals surface area contributed by atoms with Crippen LogP contribution in [0.5, 0.6) is 0 Å². The van der Waals surface area contributed by atoms with Crippen molar-refractivity contribution in [1.82, 2.24) is 25.5 Å². The van der Waals surface area contributed by atoms with E-state index >= 15 is 0 Å². The number of rotatable bonds is 6. The molecule has 2 aromatic heterocycles. The number of carbonyl (C=O) groups excluding carboxylic acids is 1. The molecular formula is C17H23Cl2FN6O. The average molecular weight is 417 g/mol. The van der Waals surface area contributed by atoms with E-state index in [4.69, 9.17) is 5.73 Å². The molecule has 1 aromatic carbocycles. The van der Waals surface area contributed by atoms with Crippen LogP contribution in [-0.2, 0) is 11.2 Å². The highest BCUT2D eigenvalue weighted by Crippen LogP contribution is 2.17. The molecule has 3 aromatic rings. The monoisotopic (exact) mass is 416 g/mol. The molecule has 0 spiro atoms. The van der Waals surface area contributed by atoms with Gasteiger partial charge in [0.25, 0.3) is 0 Å². The first-order chi connectivity index (χ1) is 12.0. The summed E-state index contributed by atoms with van der Waals surface area (Å²) in [5.74, 6) is 0.230. The Bertz CT molecular complexity index is 891. The Hall–Kier alpha value is -2.16. The second kappa shape index (κ2) is 9.68. The number of hydrogen-bond acceptors (Lipinski definition) is 4. The van der Waals surface area contributed by atoms with Gasteiger partial charge >= 0.3 is 0 Å². The summed E-state index contributed by atoms with van der Waals surface area (Å²) < 4.78 is 13.2. The maximum Gasteiger partial charge on any atom is 0.241 e. The van der Waals surface area contributed by atoms with Crippen LogP contribution in [-0.4, -0.2) is 32.6 Å². The van der Waals surface area contributed by atoms with Crippen LogP contribution >= 0.6 is 24.8 Å². The van der Waals surface area contributed by atoms with E-state index in [1.807, 2.05) is 13.8 Å². The number of fused-ring (bicyclic) bond motifs is 1. The molecule has 0 radical (unpaired) electrons. The van der Waals surface area contributed by atoms with Gasteiger partial charge in [-0.05, 0) is 38.5 Å². The lowest BCUT2D eigenvalue weighted by Gasteiger charge is -2.12. The molecule has 0 fully saturated rings. The van der Waals surface area contributed by atoms with Gasteiger partial charge < -0.3 is 16.0 Å². The van der Waals surface area contributed by atoms with Gasteiger partial charge in [-0.25, -0.2) is 9.37 Å². The molecule has 2 heterocycles. The Kier molecular flexibility index (Phi) is 8.20. The van der Waals surface area contributed by atoms with E-state index in [9.17, 15) is 9.18 Å². The van der Waals surface area contributed by atoms with Crippen LogP contribution in [0, 0.1) is 19.7 Å². The Labute approximate surface area is 168 Å². The lowest BCUT2D eigenvalue weighted by molar-refractivity contribution is -0.122. The SMILES string of the molecule is Cc1n[nH]c(C)c1C(N)C(=O)NCCCc1nc2ccc(F)cc2[nH]1.Cl.Cl. The first-order valence-electron chi connectivity index (χ1n) is 8.14. The van der Waals surface area contributed by atoms with E-state index in [1.165, 1.54) is 12.1 Å². The number of aromatic amines is 2. The van der Waals surface area contributed by atoms with Gasteiger partial charge in [-0.1, -0.05) is 0 Å². The van der Waals surface area contributed by atoms with E-state index in [2.05, 4.69) is 25.5 Å². The van der Waals surface area contributed by atoms with Crippen LogP contribution in [0.1, 0.15) is 35.2 Å². The van der Waals surface area contributed by atoms with Gasteiger partial charge in [0.05, 0.1) is 16.7 Å². The van der Waals surface area contributed by atoms with Crippen LogP contribution in [0.3, 0.4) is 0 Å². The largest absolute Gasteiger partial charge is 0.354 e. The highest BCUT2D eigenvalue weighted by molar-refractivity contribution is 5.85. The number of nitrogens with two attached hydrogens (primary N) is 1. The molecule has 0 aliphatic rings. The van der Waals surface area contributed by atoms with Crippen LogP contribution in [0.4, 0.5) is 4.39 Å². The number of nitrogens with zero attached hydrogens (tertiary/aromatic N) is 2. The van der Waals surface area contributed by atoms with E-state index in [1.54, 1.807) is 6.07 Å². The molecule has 148 valence electrons. The van der Waals surface area contributed by atoms with Crippen molar-refractivity contribution in [2.24, 2.45) is 5.73 Å². The van der Waals surface area contributed by atoms with Crippen molar-refractivity contribution < 1.29 is 9.18 Å². The number of aromatic nitrogens is 4. The second-order valence-corrected chi connectivity index (χ2v) is 6.06. The van der Waals surface area contributed by atoms with E-state index < -0.39 is 6.04 Å². The van der Waals surface area contributed by atoms with Crippen molar-refractivity contribution in [3.05, 3.63) is 46.8 Å². The molecule has 1 unspecified atom stereocenters. The van der Waals surface area contributed by atoms with Gasteiger partial charge in [-0.2, -0.15) is 5.10 Å². The fraction of sp³-hybridized carbons (Fsp3) is 0.353. The quantitative estimate of drug-likeness (QED) is 0.462. The van der Waals surface area contributed by atoms with Gasteiger partial charge in [0.1, 0.15) is 17.7 Å². The summed E-state index contributed by atoms with van der Waals surface area (Å²) in [6.45, 7) is 4.14. The van der Waals surface area contributed by atoms with Gasteiger partial charge in [0, 0.05) is 24.2 Å². The Morgan fingerprint density at radius 2 is 2.07 bits per heavy atom. The summed E-state index contributed by atoms with van der Waals surface area (Å²) in [5.41, 5.74) is 9.69. The molecule has 7 nitrogen and oxygen atoms in total. The molecule has 10 heteroatoms. The van der Waals surface area contributed by atoms with Gasteiger partial charge in [-0.15, -0.1) is 24.8 Å². The fourth-order valence-electron chi connectivity index (χ4n) is 2.88. The number of aryl methyl sites for hydroxylation is 3. The minimum atomic E-state index is -0.743. The fourth-order valence-corrected chi connectivity index (χ4v) is 2.88. The summed E-state index contributed by atoms with van der Waals surface area (Å²) >= 11 is 0. The van der Waals surface area contributed by atoms with E-state index in [-0.39, 0.29) is 36.5 Å². The van der Waals surface area contributed by atoms with E-state index in [0.29, 0.717) is 24.9 Å². The molecule has 0 saturated carbocycles. The van der Waals surface area contributed by atoms with Gasteiger partial charge in [0.2, 0.25) is 5.91 Å². The minimum Gasteiger partial charge on any atom is -0.354 e. The third kappa shape index (κ3) is 5.18. The van der Waals surface area contributed by atoms with E-state index in [0.717, 1.165) is 28.3 Å². The number of amides is 1. The zero-order valence-corrected chi connectivity index (χ0v) is 16.6. The molecule has 1 amide bonds. The van der Waals surface area contributed by atoms with Gasteiger partial charge in [-0.3, -0.25) is 9.89 Å². The van der Waals surface area contributed by atoms with Crippen molar-refractivity contribution in [1.29, 1.82) is 0 Å². The molecule has 5 N–H and O–H groups in total. The van der Waals surface area contributed by atoms with Gasteiger partial charge in [0.15, 0.2) is 0 Å². The highest BCUT2D eigenvalue weighted by atomic mass is 35.5. The van der Waals surface area contributed by atoms with Crippen molar-refractivity contribution in [2.75, 3.05) is 6.54 Å². The Morgan fingerprint density at radius 3 is 2.74 bits per heavy atom. The maximum absolute atomic E-state index is 13.2. The summed E-state index contributed by atoms with van der Waals surface area (Å²) in [5, 5.41) is 9.72. The first kappa shape index (κ1) is 22.9. The predicted molar refractivity (Wildman–Crippen MR) is 107 cm³/mol. The molecule has 0 bridgehead atoms. The van der Waals surface area contributed by atoms with Crippen molar-refractivity contribution in [2.45, 2.75) is 32.7 Å². The summed E-state index contributed by atoms with van der Waals surface area (Å²) in [6.07, 6.45) is 1.35. The number of benzene rings is 1. The minimum absolute atomic E-state index is 0. The summed E-state index contributed by atoms with van der Waals surface area (Å²) in [6, 6.07) is 3.70. The molecule has 1 atom stereocenters. The topological polar surface area (TPSA) is 112 Å². The maximum atomic E-state index is 13.2. The lowest BCUT2D eigenvalue weighted by Crippen LogP contribution is -2.35. The number of hydrogen-bond donors (Lipinski definition) is 4. The predicted octanol–water partition coefficient (Wildman–Crippen LogP) is 2.63. The average Bonchev–Trinajstić information content (AvgIpc) is 3.13. The number of H-pyrrole nitrogens is 2.